The molecule has 0 fully saturated rings. The number of carboxylic acids is 1. The van der Waals surface area contributed by atoms with E-state index in [1.165, 1.54) is 24.4 Å². The van der Waals surface area contributed by atoms with E-state index in [-0.39, 0.29) is 10.5 Å². The number of benzene rings is 2. The molecule has 0 amide bonds. The Bertz CT molecular complexity index is 946. The molecule has 0 spiro atoms. The lowest BCUT2D eigenvalue weighted by Crippen LogP contribution is -2.12. The Morgan fingerprint density at radius 1 is 1.09 bits per heavy atom. The van der Waals surface area contributed by atoms with E-state index in [0.717, 1.165) is 0 Å². The van der Waals surface area contributed by atoms with Crippen molar-refractivity contribution in [2.24, 2.45) is 0 Å². The maximum atomic E-state index is 12.2. The Morgan fingerprint density at radius 2 is 1.82 bits per heavy atom. The average molecular weight is 316 g/mol. The first kappa shape index (κ1) is 14.2. The molecule has 0 radical (unpaired) electrons. The third kappa shape index (κ3) is 2.53. The second-order valence-electron chi connectivity index (χ2n) is 4.69. The highest BCUT2D eigenvalue weighted by Gasteiger charge is 2.15. The van der Waals surface area contributed by atoms with Gasteiger partial charge in [-0.2, -0.15) is 0 Å². The second-order valence-corrected chi connectivity index (χ2v) is 6.37. The van der Waals surface area contributed by atoms with Gasteiger partial charge in [-0.3, -0.25) is 4.72 Å². The molecule has 0 aliphatic heterocycles. The number of aromatic carboxylic acids is 1. The van der Waals surface area contributed by atoms with Crippen molar-refractivity contribution in [1.82, 2.24) is 4.98 Å². The second kappa shape index (κ2) is 5.19. The normalized spacial score (nSPS) is 11.5. The van der Waals surface area contributed by atoms with Crippen LogP contribution in [-0.2, 0) is 10.0 Å². The molecular weight excluding hydrogens is 304 g/mol. The number of hydrogen-bond donors (Lipinski definition) is 3. The van der Waals surface area contributed by atoms with Gasteiger partial charge in [-0.1, -0.05) is 18.2 Å². The average Bonchev–Trinajstić information content (AvgIpc) is 2.91. The molecular formula is C15H12N2O4S. The maximum Gasteiger partial charge on any atom is 0.337 e. The van der Waals surface area contributed by atoms with Gasteiger partial charge in [0, 0.05) is 17.1 Å². The third-order valence-corrected chi connectivity index (χ3v) is 4.62. The van der Waals surface area contributed by atoms with E-state index in [9.17, 15) is 13.2 Å². The molecule has 1 heterocycles. The van der Waals surface area contributed by atoms with Crippen LogP contribution in [0.5, 0.6) is 0 Å². The van der Waals surface area contributed by atoms with Crippen LogP contribution in [0.15, 0.2) is 59.6 Å². The van der Waals surface area contributed by atoms with Crippen molar-refractivity contribution in [1.29, 1.82) is 0 Å². The lowest BCUT2D eigenvalue weighted by Gasteiger charge is -2.08. The monoisotopic (exact) mass is 316 g/mol. The number of aromatic amines is 1. The van der Waals surface area contributed by atoms with Gasteiger partial charge in [0.15, 0.2) is 0 Å². The van der Waals surface area contributed by atoms with Crippen molar-refractivity contribution in [3.63, 3.8) is 0 Å². The van der Waals surface area contributed by atoms with E-state index in [2.05, 4.69) is 9.71 Å². The fourth-order valence-corrected chi connectivity index (χ4v) is 3.25. The van der Waals surface area contributed by atoms with Gasteiger partial charge in [-0.25, -0.2) is 13.2 Å². The molecule has 6 nitrogen and oxygen atoms in total. The summed E-state index contributed by atoms with van der Waals surface area (Å²) in [6, 6.07) is 12.7. The summed E-state index contributed by atoms with van der Waals surface area (Å²) in [7, 11) is -3.67. The fraction of sp³-hybridized carbons (Fsp3) is 0. The fourth-order valence-electron chi connectivity index (χ4n) is 2.18. The van der Waals surface area contributed by atoms with Gasteiger partial charge in [-0.05, 0) is 30.3 Å². The molecule has 3 N–H and O–H groups in total. The Kier molecular flexibility index (Phi) is 3.34. The van der Waals surface area contributed by atoms with E-state index in [4.69, 9.17) is 5.11 Å². The molecule has 0 aliphatic rings. The number of carboxylic acid groups (broad SMARTS) is 1. The zero-order valence-electron chi connectivity index (χ0n) is 11.3. The summed E-state index contributed by atoms with van der Waals surface area (Å²) in [6.07, 6.45) is 1.38. The van der Waals surface area contributed by atoms with E-state index in [0.29, 0.717) is 16.6 Å². The van der Waals surface area contributed by atoms with Gasteiger partial charge < -0.3 is 10.1 Å². The Labute approximate surface area is 126 Å². The maximum absolute atomic E-state index is 12.2. The van der Waals surface area contributed by atoms with E-state index < -0.39 is 16.0 Å². The molecule has 3 aromatic rings. The number of aromatic nitrogens is 1. The summed E-state index contributed by atoms with van der Waals surface area (Å²) in [4.78, 5) is 14.0. The van der Waals surface area contributed by atoms with Crippen LogP contribution in [0.2, 0.25) is 0 Å². The zero-order valence-corrected chi connectivity index (χ0v) is 12.1. The zero-order chi connectivity index (χ0) is 15.7. The molecule has 2 aromatic carbocycles. The number of H-pyrrole nitrogens is 1. The van der Waals surface area contributed by atoms with Gasteiger partial charge in [0.05, 0.1) is 16.1 Å². The van der Waals surface area contributed by atoms with Crippen molar-refractivity contribution in [2.45, 2.75) is 4.90 Å². The SMILES string of the molecule is O=C(O)c1c[nH]c2cc(NS(=O)(=O)c3ccccc3)ccc12. The lowest BCUT2D eigenvalue weighted by atomic mass is 10.1. The molecule has 22 heavy (non-hydrogen) atoms. The van der Waals surface area contributed by atoms with Crippen LogP contribution < -0.4 is 4.72 Å². The lowest BCUT2D eigenvalue weighted by molar-refractivity contribution is 0.0699. The van der Waals surface area contributed by atoms with Crippen LogP contribution in [0.25, 0.3) is 10.9 Å². The minimum Gasteiger partial charge on any atom is -0.478 e. The van der Waals surface area contributed by atoms with Gasteiger partial charge >= 0.3 is 5.97 Å². The minimum absolute atomic E-state index is 0.146. The summed E-state index contributed by atoms with van der Waals surface area (Å²) in [6.45, 7) is 0. The Balaban J connectivity index is 1.97. The molecule has 3 rings (SSSR count). The van der Waals surface area contributed by atoms with Crippen molar-refractivity contribution < 1.29 is 18.3 Å². The van der Waals surface area contributed by atoms with Crippen molar-refractivity contribution >= 4 is 32.6 Å². The molecule has 112 valence electrons. The molecule has 0 aliphatic carbocycles. The number of rotatable bonds is 4. The highest BCUT2D eigenvalue weighted by atomic mass is 32.2. The highest BCUT2D eigenvalue weighted by Crippen LogP contribution is 2.23. The highest BCUT2D eigenvalue weighted by molar-refractivity contribution is 7.92. The van der Waals surface area contributed by atoms with E-state index >= 15 is 0 Å². The van der Waals surface area contributed by atoms with Crippen LogP contribution in [0.4, 0.5) is 5.69 Å². The van der Waals surface area contributed by atoms with Crippen molar-refractivity contribution in [2.75, 3.05) is 4.72 Å². The summed E-state index contributed by atoms with van der Waals surface area (Å²) in [5.41, 5.74) is 1.05. The van der Waals surface area contributed by atoms with Crippen LogP contribution in [0.3, 0.4) is 0 Å². The Hall–Kier alpha value is -2.80. The van der Waals surface area contributed by atoms with Crippen LogP contribution >= 0.6 is 0 Å². The summed E-state index contributed by atoms with van der Waals surface area (Å²) in [5, 5.41) is 9.57. The largest absolute Gasteiger partial charge is 0.478 e. The number of anilines is 1. The first-order chi connectivity index (χ1) is 10.5. The molecule has 7 heteroatoms. The predicted octanol–water partition coefficient (Wildman–Crippen LogP) is 2.67. The summed E-state index contributed by atoms with van der Waals surface area (Å²) in [5.74, 6) is -1.04. The van der Waals surface area contributed by atoms with Crippen LogP contribution in [-0.4, -0.2) is 24.5 Å². The summed E-state index contributed by atoms with van der Waals surface area (Å²) < 4.78 is 26.9. The number of sulfonamides is 1. The third-order valence-electron chi connectivity index (χ3n) is 3.22. The molecule has 0 saturated heterocycles. The number of fused-ring (bicyclic) bond motifs is 1. The summed E-state index contributed by atoms with van der Waals surface area (Å²) >= 11 is 0. The van der Waals surface area contributed by atoms with Gasteiger partial charge in [0.2, 0.25) is 0 Å². The molecule has 0 bridgehead atoms. The van der Waals surface area contributed by atoms with Crippen LogP contribution in [0.1, 0.15) is 10.4 Å². The predicted molar refractivity (Wildman–Crippen MR) is 82.5 cm³/mol. The van der Waals surface area contributed by atoms with Crippen molar-refractivity contribution in [3.8, 4) is 0 Å². The van der Waals surface area contributed by atoms with Crippen molar-refractivity contribution in [3.05, 3.63) is 60.3 Å². The van der Waals surface area contributed by atoms with Gasteiger partial charge in [-0.15, -0.1) is 0 Å². The van der Waals surface area contributed by atoms with Gasteiger partial charge in [0.25, 0.3) is 10.0 Å². The van der Waals surface area contributed by atoms with E-state index in [1.54, 1.807) is 30.3 Å². The molecule has 0 unspecified atom stereocenters. The topological polar surface area (TPSA) is 99.3 Å². The van der Waals surface area contributed by atoms with Gasteiger partial charge in [0.1, 0.15) is 0 Å². The molecule has 0 saturated carbocycles. The standard InChI is InChI=1S/C15H12N2O4S/c18-15(19)13-9-16-14-8-10(6-7-12(13)14)17-22(20,21)11-4-2-1-3-5-11/h1-9,16-17H,(H,18,19). The van der Waals surface area contributed by atoms with Crippen LogP contribution in [0, 0.1) is 0 Å². The molecule has 0 atom stereocenters. The minimum atomic E-state index is -3.67. The first-order valence-electron chi connectivity index (χ1n) is 6.40. The van der Waals surface area contributed by atoms with E-state index in [1.807, 2.05) is 0 Å². The first-order valence-corrected chi connectivity index (χ1v) is 7.88. The number of nitrogens with one attached hydrogen (secondary N) is 2. The number of hydrogen-bond acceptors (Lipinski definition) is 3. The smallest absolute Gasteiger partial charge is 0.337 e. The number of carbonyl (C=O) groups is 1. The quantitative estimate of drug-likeness (QED) is 0.689. The Morgan fingerprint density at radius 3 is 2.50 bits per heavy atom. The molecule has 1 aromatic heterocycles.